The molecule has 0 amide bonds. The smallest absolute Gasteiger partial charge is 0.114 e. The van der Waals surface area contributed by atoms with Gasteiger partial charge < -0.3 is 11.1 Å². The van der Waals surface area contributed by atoms with Crippen LogP contribution in [0.4, 0.5) is 11.4 Å². The van der Waals surface area contributed by atoms with E-state index in [9.17, 15) is 0 Å². The lowest BCUT2D eigenvalue weighted by atomic mass is 10.2. The molecule has 0 radical (unpaired) electrons. The van der Waals surface area contributed by atoms with E-state index >= 15 is 0 Å². The number of anilines is 2. The number of nitriles is 1. The largest absolute Gasteiger partial charge is 0.397 e. The third kappa shape index (κ3) is 2.38. The van der Waals surface area contributed by atoms with Gasteiger partial charge in [0.05, 0.1) is 17.4 Å². The Hall–Kier alpha value is -1.69. The number of hydrogen-bond acceptors (Lipinski definition) is 3. The predicted molar refractivity (Wildman–Crippen MR) is 54.2 cm³/mol. The second kappa shape index (κ2) is 4.36. The minimum atomic E-state index is -0.162. The summed E-state index contributed by atoms with van der Waals surface area (Å²) in [4.78, 5) is 0. The molecule has 3 N–H and O–H groups in total. The van der Waals surface area contributed by atoms with Crippen molar-refractivity contribution < 1.29 is 0 Å². The fourth-order valence-electron chi connectivity index (χ4n) is 1.04. The van der Waals surface area contributed by atoms with Crippen LogP contribution in [0, 0.1) is 11.3 Å². The van der Waals surface area contributed by atoms with Gasteiger partial charge in [-0.25, -0.2) is 0 Å². The highest BCUT2D eigenvalue weighted by Gasteiger charge is 2.04. The van der Waals surface area contributed by atoms with Crippen molar-refractivity contribution in [2.45, 2.75) is 19.4 Å². The molecule has 0 saturated heterocycles. The number of rotatable bonds is 3. The Morgan fingerprint density at radius 2 is 2.23 bits per heavy atom. The normalized spacial score (nSPS) is 11.7. The van der Waals surface area contributed by atoms with E-state index in [0.29, 0.717) is 5.69 Å². The third-order valence-corrected chi connectivity index (χ3v) is 1.85. The number of hydrogen-bond donors (Lipinski definition) is 2. The van der Waals surface area contributed by atoms with Crippen molar-refractivity contribution in [2.24, 2.45) is 0 Å². The molecule has 0 bridgehead atoms. The quantitative estimate of drug-likeness (QED) is 0.690. The summed E-state index contributed by atoms with van der Waals surface area (Å²) in [6.07, 6.45) is 0.769. The first-order valence-electron chi connectivity index (χ1n) is 4.28. The topological polar surface area (TPSA) is 61.8 Å². The van der Waals surface area contributed by atoms with Crippen LogP contribution >= 0.6 is 0 Å². The summed E-state index contributed by atoms with van der Waals surface area (Å²) in [5, 5.41) is 11.8. The van der Waals surface area contributed by atoms with Crippen LogP contribution in [0.1, 0.15) is 13.3 Å². The zero-order chi connectivity index (χ0) is 9.68. The summed E-state index contributed by atoms with van der Waals surface area (Å²) in [7, 11) is 0. The number of nitrogens with one attached hydrogen (secondary N) is 1. The van der Waals surface area contributed by atoms with Crippen molar-refractivity contribution in [2.75, 3.05) is 11.1 Å². The SMILES string of the molecule is CCC(C#N)Nc1ccccc1N. The van der Waals surface area contributed by atoms with Gasteiger partial charge in [0.2, 0.25) is 0 Å². The van der Waals surface area contributed by atoms with Gasteiger partial charge in [0.15, 0.2) is 0 Å². The number of nitrogen functional groups attached to an aromatic ring is 1. The number of benzene rings is 1. The van der Waals surface area contributed by atoms with Gasteiger partial charge in [-0.15, -0.1) is 0 Å². The molecule has 0 aromatic heterocycles. The highest BCUT2D eigenvalue weighted by atomic mass is 14.9. The van der Waals surface area contributed by atoms with Crippen molar-refractivity contribution in [1.82, 2.24) is 0 Å². The number of nitrogens with two attached hydrogens (primary N) is 1. The molecule has 68 valence electrons. The fourth-order valence-corrected chi connectivity index (χ4v) is 1.04. The van der Waals surface area contributed by atoms with Crippen LogP contribution in [0.25, 0.3) is 0 Å². The Morgan fingerprint density at radius 1 is 1.54 bits per heavy atom. The summed E-state index contributed by atoms with van der Waals surface area (Å²) >= 11 is 0. The zero-order valence-corrected chi connectivity index (χ0v) is 7.62. The molecular formula is C10H13N3. The first kappa shape index (κ1) is 9.40. The molecule has 1 aromatic carbocycles. The Labute approximate surface area is 78.2 Å². The van der Waals surface area contributed by atoms with E-state index in [1.807, 2.05) is 31.2 Å². The minimum absolute atomic E-state index is 0.162. The highest BCUT2D eigenvalue weighted by molar-refractivity contribution is 5.66. The Balaban J connectivity index is 2.74. The molecule has 0 aliphatic heterocycles. The van der Waals surface area contributed by atoms with Gasteiger partial charge in [0.1, 0.15) is 6.04 Å². The molecule has 0 fully saturated rings. The van der Waals surface area contributed by atoms with E-state index in [4.69, 9.17) is 11.0 Å². The molecule has 1 rings (SSSR count). The second-order valence-corrected chi connectivity index (χ2v) is 2.82. The molecule has 1 aromatic rings. The molecule has 3 heteroatoms. The van der Waals surface area contributed by atoms with E-state index < -0.39 is 0 Å². The van der Waals surface area contributed by atoms with E-state index in [0.717, 1.165) is 12.1 Å². The molecule has 3 nitrogen and oxygen atoms in total. The Kier molecular flexibility index (Phi) is 3.15. The minimum Gasteiger partial charge on any atom is -0.397 e. The highest BCUT2D eigenvalue weighted by Crippen LogP contribution is 2.17. The van der Waals surface area contributed by atoms with E-state index in [1.54, 1.807) is 0 Å². The number of para-hydroxylation sites is 2. The van der Waals surface area contributed by atoms with Crippen molar-refractivity contribution in [3.8, 4) is 6.07 Å². The first-order chi connectivity index (χ1) is 6.27. The van der Waals surface area contributed by atoms with Crippen molar-refractivity contribution in [3.05, 3.63) is 24.3 Å². The average molecular weight is 175 g/mol. The molecule has 13 heavy (non-hydrogen) atoms. The van der Waals surface area contributed by atoms with Crippen molar-refractivity contribution in [1.29, 1.82) is 5.26 Å². The predicted octanol–water partition coefficient (Wildman–Crippen LogP) is 1.98. The molecule has 0 saturated carbocycles. The average Bonchev–Trinajstić information content (AvgIpc) is 2.17. The monoisotopic (exact) mass is 175 g/mol. The Morgan fingerprint density at radius 3 is 2.77 bits per heavy atom. The van der Waals surface area contributed by atoms with Crippen LogP contribution in [0.5, 0.6) is 0 Å². The van der Waals surface area contributed by atoms with Crippen LogP contribution in [0.3, 0.4) is 0 Å². The van der Waals surface area contributed by atoms with Gasteiger partial charge >= 0.3 is 0 Å². The van der Waals surface area contributed by atoms with Gasteiger partial charge in [0, 0.05) is 0 Å². The molecule has 0 aliphatic rings. The lowest BCUT2D eigenvalue weighted by molar-refractivity contribution is 0.846. The molecule has 1 unspecified atom stereocenters. The van der Waals surface area contributed by atoms with E-state index in [-0.39, 0.29) is 6.04 Å². The standard InChI is InChI=1S/C10H13N3/c1-2-8(7-11)13-10-6-4-3-5-9(10)12/h3-6,8,13H,2,12H2,1H3. The molecule has 0 aliphatic carbocycles. The molecule has 0 heterocycles. The summed E-state index contributed by atoms with van der Waals surface area (Å²) in [5.74, 6) is 0. The van der Waals surface area contributed by atoms with Gasteiger partial charge in [-0.3, -0.25) is 0 Å². The van der Waals surface area contributed by atoms with Crippen molar-refractivity contribution >= 4 is 11.4 Å². The molecule has 0 spiro atoms. The van der Waals surface area contributed by atoms with Gasteiger partial charge in [0.25, 0.3) is 0 Å². The lowest BCUT2D eigenvalue weighted by Crippen LogP contribution is -2.16. The Bertz CT molecular complexity index is 314. The summed E-state index contributed by atoms with van der Waals surface area (Å²) in [6.45, 7) is 1.96. The van der Waals surface area contributed by atoms with E-state index in [2.05, 4.69) is 11.4 Å². The summed E-state index contributed by atoms with van der Waals surface area (Å²) < 4.78 is 0. The summed E-state index contributed by atoms with van der Waals surface area (Å²) in [5.41, 5.74) is 7.21. The van der Waals surface area contributed by atoms with Crippen LogP contribution in [0.2, 0.25) is 0 Å². The van der Waals surface area contributed by atoms with E-state index in [1.165, 1.54) is 0 Å². The molecule has 1 atom stereocenters. The van der Waals surface area contributed by atoms with Crippen LogP contribution in [-0.4, -0.2) is 6.04 Å². The number of nitrogens with zero attached hydrogens (tertiary/aromatic N) is 1. The first-order valence-corrected chi connectivity index (χ1v) is 4.28. The third-order valence-electron chi connectivity index (χ3n) is 1.85. The van der Waals surface area contributed by atoms with Crippen molar-refractivity contribution in [3.63, 3.8) is 0 Å². The molecular weight excluding hydrogens is 162 g/mol. The van der Waals surface area contributed by atoms with Crippen LogP contribution in [0.15, 0.2) is 24.3 Å². The zero-order valence-electron chi connectivity index (χ0n) is 7.62. The van der Waals surface area contributed by atoms with Crippen LogP contribution in [-0.2, 0) is 0 Å². The lowest BCUT2D eigenvalue weighted by Gasteiger charge is -2.12. The fraction of sp³-hybridized carbons (Fsp3) is 0.300. The van der Waals surface area contributed by atoms with Gasteiger partial charge in [-0.1, -0.05) is 19.1 Å². The maximum atomic E-state index is 8.72. The maximum absolute atomic E-state index is 8.72. The van der Waals surface area contributed by atoms with Crippen LogP contribution < -0.4 is 11.1 Å². The van der Waals surface area contributed by atoms with Gasteiger partial charge in [-0.2, -0.15) is 5.26 Å². The second-order valence-electron chi connectivity index (χ2n) is 2.82. The summed E-state index contributed by atoms with van der Waals surface area (Å²) in [6, 6.07) is 9.44. The maximum Gasteiger partial charge on any atom is 0.114 e. The van der Waals surface area contributed by atoms with Gasteiger partial charge in [-0.05, 0) is 18.6 Å².